The zero-order valence-corrected chi connectivity index (χ0v) is 34.7. The molecule has 59 heavy (non-hydrogen) atoms. The van der Waals surface area contributed by atoms with E-state index in [4.69, 9.17) is 0 Å². The Morgan fingerprint density at radius 2 is 1.25 bits per heavy atom. The molecule has 0 aliphatic heterocycles. The smallest absolute Gasteiger partial charge is 0.0159 e. The van der Waals surface area contributed by atoms with Crippen molar-refractivity contribution in [2.45, 2.75) is 77.0 Å². The third-order valence-corrected chi connectivity index (χ3v) is 15.7. The molecule has 0 aromatic heterocycles. The van der Waals surface area contributed by atoms with Crippen molar-refractivity contribution in [1.29, 1.82) is 0 Å². The Labute approximate surface area is 351 Å². The summed E-state index contributed by atoms with van der Waals surface area (Å²) < 4.78 is 0. The molecule has 290 valence electrons. The first-order valence-electron chi connectivity index (χ1n) is 22.7. The van der Waals surface area contributed by atoms with Gasteiger partial charge in [-0.15, -0.1) is 0 Å². The SMILES string of the molecule is CC1(C)c2cc(C3=CC4=C(CC3)C(C3C=CC5=C(C=CCC5)C3)=CC3C4C=C(C4C=CC5=C(C=CCC5)C4)C4=CC=CCC43)ccc2-c2ccc(-c3ccccc3)cc21. The van der Waals surface area contributed by atoms with Crippen LogP contribution in [0.1, 0.15) is 88.3 Å². The molecule has 0 nitrogen and oxygen atoms in total. The van der Waals surface area contributed by atoms with Crippen LogP contribution in [0.3, 0.4) is 0 Å². The Morgan fingerprint density at radius 1 is 0.576 bits per heavy atom. The van der Waals surface area contributed by atoms with Gasteiger partial charge in [0.1, 0.15) is 0 Å². The highest BCUT2D eigenvalue weighted by molar-refractivity contribution is 5.86. The Bertz CT molecular complexity index is 2710. The predicted molar refractivity (Wildman–Crippen MR) is 247 cm³/mol. The van der Waals surface area contributed by atoms with Gasteiger partial charge in [-0.05, 0) is 176 Å². The van der Waals surface area contributed by atoms with Crippen molar-refractivity contribution in [1.82, 2.24) is 0 Å². The van der Waals surface area contributed by atoms with Crippen LogP contribution in [0.25, 0.3) is 27.8 Å². The van der Waals surface area contributed by atoms with Gasteiger partial charge in [-0.1, -0.05) is 154 Å². The Hall–Kier alpha value is -5.46. The second-order valence-corrected chi connectivity index (χ2v) is 19.2. The summed E-state index contributed by atoms with van der Waals surface area (Å²) in [5.41, 5.74) is 25.5. The molecule has 3 aromatic carbocycles. The monoisotopic (exact) mass is 762 g/mol. The van der Waals surface area contributed by atoms with Crippen molar-refractivity contribution in [3.05, 3.63) is 219 Å². The van der Waals surface area contributed by atoms with E-state index in [1.807, 2.05) is 0 Å². The third-order valence-electron chi connectivity index (χ3n) is 15.7. The van der Waals surface area contributed by atoms with Crippen molar-refractivity contribution < 1.29 is 0 Å². The van der Waals surface area contributed by atoms with E-state index in [9.17, 15) is 0 Å². The molecular weight excluding hydrogens is 709 g/mol. The van der Waals surface area contributed by atoms with Gasteiger partial charge in [0.05, 0.1) is 0 Å². The maximum atomic E-state index is 2.81. The highest BCUT2D eigenvalue weighted by Gasteiger charge is 2.44. The molecule has 0 bridgehead atoms. The lowest BCUT2D eigenvalue weighted by molar-refractivity contribution is 0.361. The quantitative estimate of drug-likeness (QED) is 0.248. The normalized spacial score (nSPS) is 28.1. The van der Waals surface area contributed by atoms with Crippen LogP contribution in [0.15, 0.2) is 202 Å². The van der Waals surface area contributed by atoms with Gasteiger partial charge in [-0.3, -0.25) is 0 Å². The first kappa shape index (κ1) is 35.5. The van der Waals surface area contributed by atoms with E-state index in [0.29, 0.717) is 29.6 Å². The van der Waals surface area contributed by atoms with Gasteiger partial charge in [0.15, 0.2) is 0 Å². The number of hydrogen-bond acceptors (Lipinski definition) is 0. The van der Waals surface area contributed by atoms with Crippen LogP contribution in [0, 0.1) is 29.6 Å². The van der Waals surface area contributed by atoms with Gasteiger partial charge in [0.25, 0.3) is 0 Å². The summed E-state index contributed by atoms with van der Waals surface area (Å²) in [7, 11) is 0. The van der Waals surface area contributed by atoms with Crippen LogP contribution in [-0.2, 0) is 5.41 Å². The van der Waals surface area contributed by atoms with E-state index in [1.54, 1.807) is 50.2 Å². The lowest BCUT2D eigenvalue weighted by Gasteiger charge is -2.46. The Balaban J connectivity index is 0.958. The standard InChI is InChI=1S/C59H54/c1-59(2)57-33-43(37-12-4-3-5-13-37)25-28-50(57)51-29-26-44(34-58(51)59)42-24-27-49-53(46-23-21-39-15-7-9-17-41(39)31-46)35-55-48-19-11-10-18-47(48)52(36-56(55)54(49)32-42)45-22-20-38-14-6-8-16-40(38)30-45/h3-5,8-13,16-18,20-23,25-26,28-29,32-36,45-46,48,55-56H,6-7,14-15,19,24,27,30-31H2,1-2H3. The number of hydrogen-bond donors (Lipinski definition) is 0. The van der Waals surface area contributed by atoms with E-state index in [0.717, 1.165) is 32.1 Å². The molecule has 0 saturated carbocycles. The van der Waals surface area contributed by atoms with Gasteiger partial charge >= 0.3 is 0 Å². The summed E-state index contributed by atoms with van der Waals surface area (Å²) in [5.74, 6) is 2.25. The van der Waals surface area contributed by atoms with Crippen LogP contribution >= 0.6 is 0 Å². The first-order chi connectivity index (χ1) is 29.0. The van der Waals surface area contributed by atoms with Crippen molar-refractivity contribution in [2.75, 3.05) is 0 Å². The van der Waals surface area contributed by atoms with E-state index < -0.39 is 0 Å². The minimum atomic E-state index is -0.0695. The summed E-state index contributed by atoms with van der Waals surface area (Å²) in [5, 5.41) is 0. The highest BCUT2D eigenvalue weighted by atomic mass is 14.5. The van der Waals surface area contributed by atoms with Gasteiger partial charge in [-0.2, -0.15) is 0 Å². The second-order valence-electron chi connectivity index (χ2n) is 19.2. The van der Waals surface area contributed by atoms with Crippen LogP contribution in [-0.4, -0.2) is 0 Å². The molecule has 5 atom stereocenters. The largest absolute Gasteiger partial charge is 0.0839 e. The van der Waals surface area contributed by atoms with Crippen LogP contribution in [0.5, 0.6) is 0 Å². The van der Waals surface area contributed by atoms with E-state index in [1.165, 1.54) is 70.2 Å². The fourth-order valence-corrected chi connectivity index (χ4v) is 12.6. The number of fused-ring (bicyclic) bond motifs is 7. The second kappa shape index (κ2) is 13.8. The van der Waals surface area contributed by atoms with Gasteiger partial charge in [0.2, 0.25) is 0 Å². The predicted octanol–water partition coefficient (Wildman–Crippen LogP) is 15.2. The molecule has 0 fully saturated rings. The maximum Gasteiger partial charge on any atom is 0.0159 e. The van der Waals surface area contributed by atoms with Crippen molar-refractivity contribution in [3.8, 4) is 22.3 Å². The highest BCUT2D eigenvalue weighted by Crippen LogP contribution is 2.57. The topological polar surface area (TPSA) is 0 Å². The lowest BCUT2D eigenvalue weighted by Crippen LogP contribution is -2.35. The van der Waals surface area contributed by atoms with Gasteiger partial charge in [0, 0.05) is 23.2 Å². The average molecular weight is 763 g/mol. The molecule has 0 spiro atoms. The molecule has 0 N–H and O–H groups in total. The number of allylic oxidation sites excluding steroid dienone is 24. The van der Waals surface area contributed by atoms with Crippen LogP contribution in [0.4, 0.5) is 0 Å². The van der Waals surface area contributed by atoms with Crippen LogP contribution in [0.2, 0.25) is 0 Å². The number of benzene rings is 3. The van der Waals surface area contributed by atoms with Gasteiger partial charge in [-0.25, -0.2) is 0 Å². The minimum Gasteiger partial charge on any atom is -0.0839 e. The van der Waals surface area contributed by atoms with Gasteiger partial charge < -0.3 is 0 Å². The Morgan fingerprint density at radius 3 is 1.98 bits per heavy atom. The molecule has 0 saturated heterocycles. The molecule has 0 amide bonds. The minimum absolute atomic E-state index is 0.0695. The number of rotatable bonds is 4. The summed E-state index contributed by atoms with van der Waals surface area (Å²) >= 11 is 0. The van der Waals surface area contributed by atoms with E-state index in [-0.39, 0.29) is 5.41 Å². The fourth-order valence-electron chi connectivity index (χ4n) is 12.6. The lowest BCUT2D eigenvalue weighted by atomic mass is 9.58. The van der Waals surface area contributed by atoms with E-state index in [2.05, 4.69) is 166 Å². The molecule has 0 heterocycles. The van der Waals surface area contributed by atoms with Crippen LogP contribution < -0.4 is 0 Å². The van der Waals surface area contributed by atoms with Crippen molar-refractivity contribution in [2.24, 2.45) is 29.6 Å². The summed E-state index contributed by atoms with van der Waals surface area (Å²) in [6, 6.07) is 25.5. The molecule has 0 heteroatoms. The maximum absolute atomic E-state index is 2.81. The zero-order chi connectivity index (χ0) is 39.2. The molecule has 12 rings (SSSR count). The summed E-state index contributed by atoms with van der Waals surface area (Å²) in [6.45, 7) is 4.88. The summed E-state index contributed by atoms with van der Waals surface area (Å²) in [4.78, 5) is 0. The average Bonchev–Trinajstić information content (AvgIpc) is 3.52. The zero-order valence-electron chi connectivity index (χ0n) is 34.7. The molecule has 5 unspecified atom stereocenters. The Kier molecular flexibility index (Phi) is 8.30. The first-order valence-corrected chi connectivity index (χ1v) is 22.7. The third kappa shape index (κ3) is 5.77. The molecule has 9 aliphatic carbocycles. The molecule has 3 aromatic rings. The summed E-state index contributed by atoms with van der Waals surface area (Å²) in [6.07, 6.45) is 45.7. The molecule has 0 radical (unpaired) electrons. The molecule has 9 aliphatic rings. The fraction of sp³-hybridized carbons (Fsp3) is 0.288. The van der Waals surface area contributed by atoms with E-state index >= 15 is 0 Å². The van der Waals surface area contributed by atoms with Crippen molar-refractivity contribution >= 4 is 5.57 Å². The van der Waals surface area contributed by atoms with Crippen molar-refractivity contribution in [3.63, 3.8) is 0 Å². The molecular formula is C59H54.